The van der Waals surface area contributed by atoms with E-state index >= 15 is 0 Å². The van der Waals surface area contributed by atoms with Gasteiger partial charge in [0.05, 0.1) is 6.61 Å². The first-order valence-electron chi connectivity index (χ1n) is 6.27. The molecule has 1 atom stereocenters. The van der Waals surface area contributed by atoms with Crippen LogP contribution < -0.4 is 5.32 Å². The lowest BCUT2D eigenvalue weighted by Crippen LogP contribution is -2.30. The van der Waals surface area contributed by atoms with E-state index < -0.39 is 0 Å². The van der Waals surface area contributed by atoms with Gasteiger partial charge in [0.25, 0.3) is 0 Å². The Morgan fingerprint density at radius 3 is 3.00 bits per heavy atom. The molecular weight excluding hydrogens is 206 g/mol. The molecule has 0 radical (unpaired) electrons. The van der Waals surface area contributed by atoms with E-state index in [1.807, 2.05) is 6.92 Å². The number of piperidine rings is 1. The molecule has 0 aromatic heterocycles. The molecule has 94 valence electrons. The number of hydrogen-bond donors (Lipinski definition) is 1. The number of nitrogens with one attached hydrogen (secondary N) is 1. The van der Waals surface area contributed by atoms with Gasteiger partial charge in [-0.25, -0.2) is 0 Å². The molecule has 4 nitrogen and oxygen atoms in total. The van der Waals surface area contributed by atoms with Crippen LogP contribution in [0.3, 0.4) is 0 Å². The summed E-state index contributed by atoms with van der Waals surface area (Å²) in [5.74, 6) is 0.554. The Hall–Kier alpha value is -0.610. The minimum atomic E-state index is -0.0923. The molecule has 1 rings (SSSR count). The van der Waals surface area contributed by atoms with Gasteiger partial charge in [0.15, 0.2) is 0 Å². The lowest BCUT2D eigenvalue weighted by Gasteiger charge is -2.22. The van der Waals surface area contributed by atoms with Crippen LogP contribution in [0.5, 0.6) is 0 Å². The predicted molar refractivity (Wildman–Crippen MR) is 62.3 cm³/mol. The third-order valence-electron chi connectivity index (χ3n) is 2.85. The summed E-state index contributed by atoms with van der Waals surface area (Å²) in [6.45, 7) is 5.66. The van der Waals surface area contributed by atoms with Crippen molar-refractivity contribution in [1.82, 2.24) is 5.32 Å². The smallest absolute Gasteiger partial charge is 0.305 e. The van der Waals surface area contributed by atoms with Gasteiger partial charge in [-0.1, -0.05) is 0 Å². The first kappa shape index (κ1) is 13.5. The fourth-order valence-electron chi connectivity index (χ4n) is 1.92. The summed E-state index contributed by atoms with van der Waals surface area (Å²) < 4.78 is 10.1. The summed E-state index contributed by atoms with van der Waals surface area (Å²) in [7, 11) is 0. The number of esters is 1. The molecule has 16 heavy (non-hydrogen) atoms. The van der Waals surface area contributed by atoms with Gasteiger partial charge in [-0.3, -0.25) is 4.79 Å². The highest BCUT2D eigenvalue weighted by molar-refractivity contribution is 5.69. The summed E-state index contributed by atoms with van der Waals surface area (Å²) in [6.07, 6.45) is 3.95. The van der Waals surface area contributed by atoms with Gasteiger partial charge in [-0.05, 0) is 45.2 Å². The fraction of sp³-hybridized carbons (Fsp3) is 0.917. The van der Waals surface area contributed by atoms with Crippen molar-refractivity contribution in [2.75, 3.05) is 32.9 Å². The summed E-state index contributed by atoms with van der Waals surface area (Å²) in [6, 6.07) is 0. The molecule has 0 aliphatic carbocycles. The Morgan fingerprint density at radius 2 is 2.31 bits per heavy atom. The zero-order valence-electron chi connectivity index (χ0n) is 10.2. The summed E-state index contributed by atoms with van der Waals surface area (Å²) >= 11 is 0. The SMILES string of the molecule is CCOCCOC(=O)CCC1CCCNC1. The van der Waals surface area contributed by atoms with Crippen molar-refractivity contribution in [3.05, 3.63) is 0 Å². The van der Waals surface area contributed by atoms with E-state index in [9.17, 15) is 4.79 Å². The second-order valence-electron chi connectivity index (χ2n) is 4.17. The molecule has 4 heteroatoms. The Labute approximate surface area is 97.7 Å². The standard InChI is InChI=1S/C12H23NO3/c1-2-15-8-9-16-12(14)6-5-11-4-3-7-13-10-11/h11,13H,2-10H2,1H3. The Kier molecular flexibility index (Phi) is 7.17. The maximum absolute atomic E-state index is 11.4. The predicted octanol–water partition coefficient (Wildman–Crippen LogP) is 1.35. The number of carbonyl (C=O) groups excluding carboxylic acids is 1. The molecule has 1 fully saturated rings. The number of carbonyl (C=O) groups is 1. The molecule has 0 aromatic rings. The van der Waals surface area contributed by atoms with Gasteiger partial charge in [-0.2, -0.15) is 0 Å². The topological polar surface area (TPSA) is 47.6 Å². The first-order valence-corrected chi connectivity index (χ1v) is 6.27. The summed E-state index contributed by atoms with van der Waals surface area (Å²) in [4.78, 5) is 11.4. The van der Waals surface area contributed by atoms with Crippen LogP contribution in [-0.4, -0.2) is 38.9 Å². The number of ether oxygens (including phenoxy) is 2. The maximum Gasteiger partial charge on any atom is 0.305 e. The normalized spacial score (nSPS) is 20.7. The molecule has 0 amide bonds. The average Bonchev–Trinajstić information content (AvgIpc) is 2.33. The fourth-order valence-corrected chi connectivity index (χ4v) is 1.92. The minimum Gasteiger partial charge on any atom is -0.463 e. The van der Waals surface area contributed by atoms with Crippen LogP contribution in [0, 0.1) is 5.92 Å². The second-order valence-corrected chi connectivity index (χ2v) is 4.17. The maximum atomic E-state index is 11.4. The van der Waals surface area contributed by atoms with Gasteiger partial charge in [-0.15, -0.1) is 0 Å². The Balaban J connectivity index is 1.96. The van der Waals surface area contributed by atoms with Crippen molar-refractivity contribution in [2.45, 2.75) is 32.6 Å². The molecule has 1 N–H and O–H groups in total. The average molecular weight is 229 g/mol. The van der Waals surface area contributed by atoms with E-state index in [-0.39, 0.29) is 5.97 Å². The highest BCUT2D eigenvalue weighted by Crippen LogP contribution is 2.15. The quantitative estimate of drug-likeness (QED) is 0.529. The van der Waals surface area contributed by atoms with Crippen LogP contribution in [0.1, 0.15) is 32.6 Å². The van der Waals surface area contributed by atoms with Gasteiger partial charge in [0.1, 0.15) is 6.61 Å². The van der Waals surface area contributed by atoms with Crippen molar-refractivity contribution in [1.29, 1.82) is 0 Å². The molecule has 1 aliphatic heterocycles. The minimum absolute atomic E-state index is 0.0923. The summed E-state index contributed by atoms with van der Waals surface area (Å²) in [5.41, 5.74) is 0. The van der Waals surface area contributed by atoms with Crippen LogP contribution in [0.25, 0.3) is 0 Å². The molecule has 0 spiro atoms. The van der Waals surface area contributed by atoms with E-state index in [1.165, 1.54) is 12.8 Å². The van der Waals surface area contributed by atoms with Crippen molar-refractivity contribution in [3.63, 3.8) is 0 Å². The molecule has 0 saturated carbocycles. The molecule has 1 heterocycles. The van der Waals surface area contributed by atoms with Crippen molar-refractivity contribution < 1.29 is 14.3 Å². The van der Waals surface area contributed by atoms with Gasteiger partial charge < -0.3 is 14.8 Å². The largest absolute Gasteiger partial charge is 0.463 e. The van der Waals surface area contributed by atoms with Crippen LogP contribution in [0.15, 0.2) is 0 Å². The van der Waals surface area contributed by atoms with Gasteiger partial charge in [0, 0.05) is 13.0 Å². The zero-order valence-corrected chi connectivity index (χ0v) is 10.2. The molecule has 1 saturated heterocycles. The lowest BCUT2D eigenvalue weighted by molar-refractivity contribution is -0.145. The van der Waals surface area contributed by atoms with Gasteiger partial charge in [0.2, 0.25) is 0 Å². The molecule has 0 aromatic carbocycles. The van der Waals surface area contributed by atoms with Crippen molar-refractivity contribution in [3.8, 4) is 0 Å². The molecule has 0 bridgehead atoms. The van der Waals surface area contributed by atoms with Crippen LogP contribution in [0.2, 0.25) is 0 Å². The Morgan fingerprint density at radius 1 is 1.44 bits per heavy atom. The lowest BCUT2D eigenvalue weighted by atomic mass is 9.95. The molecule has 1 aliphatic rings. The van der Waals surface area contributed by atoms with Crippen molar-refractivity contribution >= 4 is 5.97 Å². The first-order chi connectivity index (χ1) is 7.83. The highest BCUT2D eigenvalue weighted by Gasteiger charge is 2.14. The Bertz CT molecular complexity index is 191. The molecule has 1 unspecified atom stereocenters. The highest BCUT2D eigenvalue weighted by atomic mass is 16.6. The third kappa shape index (κ3) is 6.08. The van der Waals surface area contributed by atoms with Gasteiger partial charge >= 0.3 is 5.97 Å². The third-order valence-corrected chi connectivity index (χ3v) is 2.85. The second kappa shape index (κ2) is 8.53. The molecular formula is C12H23NO3. The number of hydrogen-bond acceptors (Lipinski definition) is 4. The monoisotopic (exact) mass is 229 g/mol. The van der Waals surface area contributed by atoms with Crippen LogP contribution >= 0.6 is 0 Å². The number of rotatable bonds is 7. The summed E-state index contributed by atoms with van der Waals surface area (Å²) in [5, 5.41) is 3.35. The van der Waals surface area contributed by atoms with Crippen LogP contribution in [0.4, 0.5) is 0 Å². The van der Waals surface area contributed by atoms with E-state index in [2.05, 4.69) is 5.32 Å². The van der Waals surface area contributed by atoms with E-state index in [1.54, 1.807) is 0 Å². The van der Waals surface area contributed by atoms with Crippen LogP contribution in [-0.2, 0) is 14.3 Å². The van der Waals surface area contributed by atoms with Crippen molar-refractivity contribution in [2.24, 2.45) is 5.92 Å². The van der Waals surface area contributed by atoms with E-state index in [4.69, 9.17) is 9.47 Å². The zero-order chi connectivity index (χ0) is 11.6. The van der Waals surface area contributed by atoms with E-state index in [0.29, 0.717) is 32.2 Å². The van der Waals surface area contributed by atoms with E-state index in [0.717, 1.165) is 19.5 Å².